The summed E-state index contributed by atoms with van der Waals surface area (Å²) in [6.07, 6.45) is 0.722. The van der Waals surface area contributed by atoms with Gasteiger partial charge >= 0.3 is 0 Å². The largest absolute Gasteiger partial charge is 0.314 e. The molecule has 0 aromatic heterocycles. The maximum absolute atomic E-state index is 8.89. The minimum Gasteiger partial charge on any atom is -0.314 e. The van der Waals surface area contributed by atoms with Crippen molar-refractivity contribution in [2.24, 2.45) is 5.73 Å². The molecule has 0 bridgehead atoms. The number of thioether (sulfide) groups is 1. The Hall–Kier alpha value is -0.980. The average Bonchev–Trinajstić information content (AvgIpc) is 2.27. The molecule has 0 aliphatic rings. The highest BCUT2D eigenvalue weighted by molar-refractivity contribution is 7.99. The van der Waals surface area contributed by atoms with E-state index in [0.29, 0.717) is 5.25 Å². The van der Waals surface area contributed by atoms with Gasteiger partial charge in [0, 0.05) is 11.0 Å². The van der Waals surface area contributed by atoms with Crippen LogP contribution in [-0.2, 0) is 5.75 Å². The highest BCUT2D eigenvalue weighted by Gasteiger charge is 2.21. The fourth-order valence-electron chi connectivity index (χ4n) is 1.71. The summed E-state index contributed by atoms with van der Waals surface area (Å²) in [5.41, 5.74) is 7.81. The topological polar surface area (TPSA) is 49.8 Å². The van der Waals surface area contributed by atoms with Crippen molar-refractivity contribution in [2.75, 3.05) is 0 Å². The van der Waals surface area contributed by atoms with Gasteiger partial charge in [-0.25, -0.2) is 0 Å². The quantitative estimate of drug-likeness (QED) is 0.870. The number of rotatable bonds is 5. The molecule has 2 N–H and O–H groups in total. The molecular weight excluding hydrogens is 228 g/mol. The first-order chi connectivity index (χ1) is 7.94. The van der Waals surface area contributed by atoms with Gasteiger partial charge < -0.3 is 5.73 Å². The van der Waals surface area contributed by atoms with E-state index in [0.717, 1.165) is 12.2 Å². The van der Waals surface area contributed by atoms with Gasteiger partial charge in [-0.15, -0.1) is 0 Å². The Kier molecular flexibility index (Phi) is 5.04. The Bertz CT molecular complexity index is 407. The van der Waals surface area contributed by atoms with Gasteiger partial charge in [-0.3, -0.25) is 0 Å². The lowest BCUT2D eigenvalue weighted by atomic mass is 10.00. The van der Waals surface area contributed by atoms with Gasteiger partial charge in [0.1, 0.15) is 5.54 Å². The number of aryl methyl sites for hydroxylation is 1. The summed E-state index contributed by atoms with van der Waals surface area (Å²) in [6, 6.07) is 10.5. The third-order valence-electron chi connectivity index (χ3n) is 2.75. The summed E-state index contributed by atoms with van der Waals surface area (Å²) in [6.45, 7) is 6.05. The molecule has 0 aliphatic carbocycles. The van der Waals surface area contributed by atoms with Gasteiger partial charge in [0.05, 0.1) is 6.07 Å². The second-order valence-electron chi connectivity index (χ2n) is 4.78. The SMILES string of the molecule is Cc1ccccc1CSC(C)CC(C)(N)C#N. The zero-order valence-electron chi connectivity index (χ0n) is 10.7. The van der Waals surface area contributed by atoms with Crippen LogP contribution in [0.25, 0.3) is 0 Å². The minimum atomic E-state index is -0.710. The fraction of sp³-hybridized carbons (Fsp3) is 0.500. The van der Waals surface area contributed by atoms with Crippen LogP contribution in [0.1, 0.15) is 31.4 Å². The van der Waals surface area contributed by atoms with Crippen molar-refractivity contribution in [1.29, 1.82) is 5.26 Å². The van der Waals surface area contributed by atoms with Crippen LogP contribution in [0, 0.1) is 18.3 Å². The van der Waals surface area contributed by atoms with Crippen molar-refractivity contribution >= 4 is 11.8 Å². The van der Waals surface area contributed by atoms with Gasteiger partial charge in [0.15, 0.2) is 0 Å². The third-order valence-corrected chi connectivity index (χ3v) is 3.96. The van der Waals surface area contributed by atoms with Crippen molar-refractivity contribution in [3.8, 4) is 6.07 Å². The summed E-state index contributed by atoms with van der Waals surface area (Å²) < 4.78 is 0. The second kappa shape index (κ2) is 6.09. The lowest BCUT2D eigenvalue weighted by Crippen LogP contribution is -2.36. The molecule has 2 atom stereocenters. The van der Waals surface area contributed by atoms with Gasteiger partial charge in [-0.05, 0) is 31.4 Å². The number of nitrogens with two attached hydrogens (primary N) is 1. The Balaban J connectivity index is 2.47. The van der Waals surface area contributed by atoms with Gasteiger partial charge in [0.25, 0.3) is 0 Å². The molecule has 0 saturated carbocycles. The van der Waals surface area contributed by atoms with E-state index in [9.17, 15) is 0 Å². The van der Waals surface area contributed by atoms with E-state index < -0.39 is 5.54 Å². The molecule has 0 fully saturated rings. The number of nitrogens with zero attached hydrogens (tertiary/aromatic N) is 1. The normalized spacial score (nSPS) is 15.9. The number of hydrogen-bond acceptors (Lipinski definition) is 3. The van der Waals surface area contributed by atoms with Crippen molar-refractivity contribution in [1.82, 2.24) is 0 Å². The number of benzene rings is 1. The van der Waals surface area contributed by atoms with Crippen molar-refractivity contribution < 1.29 is 0 Å². The summed E-state index contributed by atoms with van der Waals surface area (Å²) in [5, 5.41) is 9.28. The van der Waals surface area contributed by atoms with Crippen LogP contribution in [0.3, 0.4) is 0 Å². The molecule has 1 rings (SSSR count). The first-order valence-corrected chi connectivity index (χ1v) is 6.86. The highest BCUT2D eigenvalue weighted by atomic mass is 32.2. The molecule has 2 unspecified atom stereocenters. The molecule has 0 heterocycles. The molecule has 0 amide bonds. The van der Waals surface area contributed by atoms with Crippen LogP contribution in [-0.4, -0.2) is 10.8 Å². The predicted octanol–water partition coefficient (Wildman–Crippen LogP) is 3.25. The van der Waals surface area contributed by atoms with Gasteiger partial charge in [-0.1, -0.05) is 31.2 Å². The van der Waals surface area contributed by atoms with Crippen LogP contribution in [0.4, 0.5) is 0 Å². The molecule has 0 aliphatic heterocycles. The summed E-state index contributed by atoms with van der Waals surface area (Å²) in [5.74, 6) is 0.981. The smallest absolute Gasteiger partial charge is 0.102 e. The van der Waals surface area contributed by atoms with Crippen molar-refractivity contribution in [2.45, 2.75) is 43.7 Å². The van der Waals surface area contributed by atoms with Crippen molar-refractivity contribution in [3.05, 3.63) is 35.4 Å². The number of nitriles is 1. The first kappa shape index (κ1) is 14.1. The average molecular weight is 248 g/mol. The molecule has 0 saturated heterocycles. The molecule has 3 heteroatoms. The van der Waals surface area contributed by atoms with E-state index in [1.807, 2.05) is 11.8 Å². The summed E-state index contributed by atoms with van der Waals surface area (Å²) in [7, 11) is 0. The molecule has 0 spiro atoms. The Morgan fingerprint density at radius 2 is 2.12 bits per heavy atom. The molecule has 2 nitrogen and oxygen atoms in total. The van der Waals surface area contributed by atoms with Gasteiger partial charge in [-0.2, -0.15) is 17.0 Å². The summed E-state index contributed by atoms with van der Waals surface area (Å²) in [4.78, 5) is 0. The third kappa shape index (κ3) is 4.80. The Morgan fingerprint density at radius 3 is 2.71 bits per heavy atom. The first-order valence-electron chi connectivity index (χ1n) is 5.81. The van der Waals surface area contributed by atoms with Crippen LogP contribution in [0.15, 0.2) is 24.3 Å². The van der Waals surface area contributed by atoms with E-state index in [1.165, 1.54) is 11.1 Å². The number of hydrogen-bond donors (Lipinski definition) is 1. The maximum Gasteiger partial charge on any atom is 0.102 e. The lowest BCUT2D eigenvalue weighted by Gasteiger charge is -2.20. The predicted molar refractivity (Wildman–Crippen MR) is 74.8 cm³/mol. The fourth-order valence-corrected chi connectivity index (χ4v) is 2.96. The maximum atomic E-state index is 8.89. The minimum absolute atomic E-state index is 0.393. The molecular formula is C14H20N2S. The van der Waals surface area contributed by atoms with E-state index in [2.05, 4.69) is 44.2 Å². The van der Waals surface area contributed by atoms with Crippen LogP contribution >= 0.6 is 11.8 Å². The lowest BCUT2D eigenvalue weighted by molar-refractivity contribution is 0.545. The molecule has 0 radical (unpaired) electrons. The van der Waals surface area contributed by atoms with E-state index in [-0.39, 0.29) is 0 Å². The highest BCUT2D eigenvalue weighted by Crippen LogP contribution is 2.24. The van der Waals surface area contributed by atoms with Crippen LogP contribution < -0.4 is 5.73 Å². The Labute approximate surface area is 108 Å². The zero-order chi connectivity index (χ0) is 12.9. The monoisotopic (exact) mass is 248 g/mol. The zero-order valence-corrected chi connectivity index (χ0v) is 11.6. The molecule has 1 aromatic rings. The van der Waals surface area contributed by atoms with E-state index in [1.54, 1.807) is 6.92 Å². The van der Waals surface area contributed by atoms with E-state index >= 15 is 0 Å². The van der Waals surface area contributed by atoms with Crippen LogP contribution in [0.5, 0.6) is 0 Å². The van der Waals surface area contributed by atoms with Gasteiger partial charge in [0.2, 0.25) is 0 Å². The molecule has 1 aromatic carbocycles. The molecule has 92 valence electrons. The second-order valence-corrected chi connectivity index (χ2v) is 6.21. The van der Waals surface area contributed by atoms with E-state index in [4.69, 9.17) is 11.0 Å². The standard InChI is InChI=1S/C14H20N2S/c1-11-6-4-5-7-13(11)9-17-12(2)8-14(3,16)10-15/h4-7,12H,8-9,16H2,1-3H3. The Morgan fingerprint density at radius 1 is 1.47 bits per heavy atom. The van der Waals surface area contributed by atoms with Crippen molar-refractivity contribution in [3.63, 3.8) is 0 Å². The van der Waals surface area contributed by atoms with Crippen LogP contribution in [0.2, 0.25) is 0 Å². The summed E-state index contributed by atoms with van der Waals surface area (Å²) >= 11 is 1.85. The molecule has 17 heavy (non-hydrogen) atoms.